The molecule has 2 amide bonds. The Balaban J connectivity index is 1.17. The third-order valence-corrected chi connectivity index (χ3v) is 9.60. The number of hydrogen-bond donors (Lipinski definition) is 0. The first-order chi connectivity index (χ1) is 22.3. The Morgan fingerprint density at radius 1 is 0.935 bits per heavy atom. The van der Waals surface area contributed by atoms with E-state index in [-0.39, 0.29) is 30.3 Å². The third kappa shape index (κ3) is 8.40. The Kier molecular flexibility index (Phi) is 11.2. The van der Waals surface area contributed by atoms with Gasteiger partial charge in [-0.1, -0.05) is 66.7 Å². The van der Waals surface area contributed by atoms with Crippen LogP contribution in [0.2, 0.25) is 0 Å². The summed E-state index contributed by atoms with van der Waals surface area (Å²) >= 11 is 0. The lowest BCUT2D eigenvalue weighted by molar-refractivity contribution is -0.384. The molecule has 0 spiro atoms. The highest BCUT2D eigenvalue weighted by atomic mass is 16.6. The van der Waals surface area contributed by atoms with Crippen LogP contribution in [0.3, 0.4) is 0 Å². The number of ether oxygens (including phenoxy) is 1. The highest BCUT2D eigenvalue weighted by molar-refractivity contribution is 5.78. The van der Waals surface area contributed by atoms with Crippen LogP contribution in [-0.2, 0) is 22.6 Å². The average molecular weight is 625 g/mol. The lowest BCUT2D eigenvalue weighted by Crippen LogP contribution is -2.48. The van der Waals surface area contributed by atoms with Gasteiger partial charge in [0.1, 0.15) is 6.61 Å². The topological polar surface area (TPSA) is 96.2 Å². The molecule has 1 aliphatic heterocycles. The molecule has 242 valence electrons. The molecule has 3 aromatic carbocycles. The number of piperidine rings is 1. The van der Waals surface area contributed by atoms with Crippen LogP contribution in [0.5, 0.6) is 0 Å². The van der Waals surface area contributed by atoms with Crippen molar-refractivity contribution >= 4 is 17.7 Å². The summed E-state index contributed by atoms with van der Waals surface area (Å²) in [6.45, 7) is 7.00. The summed E-state index contributed by atoms with van der Waals surface area (Å²) in [6, 6.07) is 26.9. The second-order valence-corrected chi connectivity index (χ2v) is 12.5. The number of hydrogen-bond acceptors (Lipinski definition) is 6. The predicted octanol–water partition coefficient (Wildman–Crippen LogP) is 6.45. The van der Waals surface area contributed by atoms with Gasteiger partial charge in [0.15, 0.2) is 0 Å². The van der Waals surface area contributed by atoms with E-state index in [1.165, 1.54) is 17.7 Å². The molecule has 3 atom stereocenters. The Hall–Kier alpha value is -4.50. The quantitative estimate of drug-likeness (QED) is 0.131. The van der Waals surface area contributed by atoms with E-state index in [0.717, 1.165) is 50.9 Å². The number of nitrogens with zero attached hydrogens (tertiary/aromatic N) is 4. The fourth-order valence-corrected chi connectivity index (χ4v) is 7.02. The van der Waals surface area contributed by atoms with Gasteiger partial charge in [-0.3, -0.25) is 14.9 Å². The van der Waals surface area contributed by atoms with E-state index in [4.69, 9.17) is 4.74 Å². The molecule has 9 nitrogen and oxygen atoms in total. The van der Waals surface area contributed by atoms with Gasteiger partial charge in [0.05, 0.1) is 11.3 Å². The predicted molar refractivity (Wildman–Crippen MR) is 178 cm³/mol. The number of likely N-dealkylation sites (N-methyl/N-ethyl adjacent to an activating group) is 1. The maximum absolute atomic E-state index is 13.3. The van der Waals surface area contributed by atoms with Crippen LogP contribution in [-0.4, -0.2) is 76.9 Å². The summed E-state index contributed by atoms with van der Waals surface area (Å²) in [4.78, 5) is 43.1. The molecule has 3 aromatic rings. The minimum absolute atomic E-state index is 0.00176. The zero-order valence-corrected chi connectivity index (χ0v) is 26.6. The third-order valence-electron chi connectivity index (χ3n) is 9.60. The molecule has 46 heavy (non-hydrogen) atoms. The second-order valence-electron chi connectivity index (χ2n) is 12.5. The molecule has 0 radical (unpaired) electrons. The normalized spacial score (nSPS) is 20.2. The summed E-state index contributed by atoms with van der Waals surface area (Å²) in [5, 5.41) is 10.9. The molecule has 0 aromatic heterocycles. The van der Waals surface area contributed by atoms with Crippen molar-refractivity contribution in [2.45, 2.75) is 56.7 Å². The van der Waals surface area contributed by atoms with E-state index >= 15 is 0 Å². The van der Waals surface area contributed by atoms with E-state index in [1.54, 1.807) is 23.1 Å². The van der Waals surface area contributed by atoms with Gasteiger partial charge >= 0.3 is 6.09 Å². The molecule has 2 aliphatic rings. The van der Waals surface area contributed by atoms with Gasteiger partial charge in [0, 0.05) is 57.4 Å². The van der Waals surface area contributed by atoms with E-state index in [0.29, 0.717) is 30.4 Å². The SMILES string of the molecule is C=CCN(C(=O)OCc1ccc([N+](=O)[O-])cc1)C1CCN(C[C@H]2C[C@H](N(C)C(=O)Cc3ccccc3)C[C@@H]2c2ccccc2)CC1. The van der Waals surface area contributed by atoms with Crippen LogP contribution in [0.4, 0.5) is 10.5 Å². The van der Waals surface area contributed by atoms with Crippen molar-refractivity contribution in [3.05, 3.63) is 124 Å². The van der Waals surface area contributed by atoms with Crippen LogP contribution in [0.1, 0.15) is 48.3 Å². The molecule has 0 N–H and O–H groups in total. The van der Waals surface area contributed by atoms with Gasteiger partial charge in [0.2, 0.25) is 5.91 Å². The van der Waals surface area contributed by atoms with Crippen molar-refractivity contribution in [1.82, 2.24) is 14.7 Å². The summed E-state index contributed by atoms with van der Waals surface area (Å²) < 4.78 is 5.61. The molecule has 2 fully saturated rings. The smallest absolute Gasteiger partial charge is 0.410 e. The molecule has 1 heterocycles. The number of amides is 2. The van der Waals surface area contributed by atoms with E-state index < -0.39 is 11.0 Å². The van der Waals surface area contributed by atoms with E-state index in [2.05, 4.69) is 41.8 Å². The van der Waals surface area contributed by atoms with Gasteiger partial charge in [0.25, 0.3) is 5.69 Å². The molecule has 0 unspecified atom stereocenters. The molecule has 1 saturated heterocycles. The van der Waals surface area contributed by atoms with Crippen molar-refractivity contribution in [2.75, 3.05) is 33.2 Å². The molecule has 9 heteroatoms. The zero-order valence-electron chi connectivity index (χ0n) is 26.6. The first kappa shape index (κ1) is 32.9. The number of likely N-dealkylation sites (tertiary alicyclic amines) is 1. The van der Waals surface area contributed by atoms with Crippen molar-refractivity contribution in [3.8, 4) is 0 Å². The van der Waals surface area contributed by atoms with Gasteiger partial charge in [-0.25, -0.2) is 4.79 Å². The number of non-ortho nitro benzene ring substituents is 1. The van der Waals surface area contributed by atoms with Crippen molar-refractivity contribution < 1.29 is 19.2 Å². The number of carbonyl (C=O) groups excluding carboxylic acids is 2. The summed E-state index contributed by atoms with van der Waals surface area (Å²) in [6.07, 6.45) is 5.33. The fourth-order valence-electron chi connectivity index (χ4n) is 7.02. The first-order valence-corrected chi connectivity index (χ1v) is 16.2. The maximum atomic E-state index is 13.3. The number of carbonyl (C=O) groups is 2. The van der Waals surface area contributed by atoms with Crippen LogP contribution >= 0.6 is 0 Å². The maximum Gasteiger partial charge on any atom is 0.410 e. The zero-order chi connectivity index (χ0) is 32.5. The standard InChI is InChI=1S/C37H44N4O5/c1-3-20-40(37(43)46-27-29-14-16-33(17-15-29)41(44)45)32-18-21-39(22-19-32)26-31-24-34(25-35(31)30-12-8-5-9-13-30)38(2)36(42)23-28-10-6-4-7-11-28/h3-17,31-32,34-35H,1,18-27H2,2H3/t31-,34+,35-/m1/s1. The lowest BCUT2D eigenvalue weighted by Gasteiger charge is -2.39. The largest absolute Gasteiger partial charge is 0.445 e. The van der Waals surface area contributed by atoms with Crippen molar-refractivity contribution in [1.29, 1.82) is 0 Å². The Labute approximate surface area is 271 Å². The lowest BCUT2D eigenvalue weighted by atomic mass is 9.88. The first-order valence-electron chi connectivity index (χ1n) is 16.2. The summed E-state index contributed by atoms with van der Waals surface area (Å²) in [5.41, 5.74) is 3.07. The highest BCUT2D eigenvalue weighted by Crippen LogP contribution is 2.42. The number of rotatable bonds is 12. The van der Waals surface area contributed by atoms with Crippen LogP contribution < -0.4 is 0 Å². The van der Waals surface area contributed by atoms with Crippen LogP contribution in [0.25, 0.3) is 0 Å². The van der Waals surface area contributed by atoms with Gasteiger partial charge < -0.3 is 19.4 Å². The minimum Gasteiger partial charge on any atom is -0.445 e. The van der Waals surface area contributed by atoms with E-state index in [9.17, 15) is 19.7 Å². The molecule has 1 aliphatic carbocycles. The number of nitro groups is 1. The molecule has 1 saturated carbocycles. The van der Waals surface area contributed by atoms with Gasteiger partial charge in [-0.05, 0) is 66.3 Å². The minimum atomic E-state index is -0.451. The monoisotopic (exact) mass is 624 g/mol. The Morgan fingerprint density at radius 3 is 2.22 bits per heavy atom. The summed E-state index contributed by atoms with van der Waals surface area (Å²) in [7, 11) is 1.96. The van der Waals surface area contributed by atoms with Crippen LogP contribution in [0.15, 0.2) is 97.6 Å². The number of benzene rings is 3. The molecule has 0 bridgehead atoms. The van der Waals surface area contributed by atoms with Crippen LogP contribution in [0, 0.1) is 16.0 Å². The van der Waals surface area contributed by atoms with Crippen molar-refractivity contribution in [3.63, 3.8) is 0 Å². The molecular weight excluding hydrogens is 580 g/mol. The Bertz CT molecular complexity index is 1460. The van der Waals surface area contributed by atoms with Crippen molar-refractivity contribution in [2.24, 2.45) is 5.92 Å². The van der Waals surface area contributed by atoms with Gasteiger partial charge in [-0.2, -0.15) is 0 Å². The average Bonchev–Trinajstić information content (AvgIpc) is 3.50. The molecular formula is C37H44N4O5. The highest BCUT2D eigenvalue weighted by Gasteiger charge is 2.39. The Morgan fingerprint density at radius 2 is 1.59 bits per heavy atom. The fraction of sp³-hybridized carbons (Fsp3) is 0.405. The van der Waals surface area contributed by atoms with Gasteiger partial charge in [-0.15, -0.1) is 6.58 Å². The summed E-state index contributed by atoms with van der Waals surface area (Å²) in [5.74, 6) is 0.960. The molecule has 5 rings (SSSR count). The number of nitro benzene ring substituents is 1. The van der Waals surface area contributed by atoms with E-state index in [1.807, 2.05) is 42.3 Å². The second kappa shape index (κ2) is 15.7.